The predicted molar refractivity (Wildman–Crippen MR) is 124 cm³/mol. The molecule has 1 heterocycles. The quantitative estimate of drug-likeness (QED) is 0.261. The molecule has 1 saturated heterocycles. The van der Waals surface area contributed by atoms with Gasteiger partial charge in [-0.2, -0.15) is 5.90 Å². The van der Waals surface area contributed by atoms with Crippen LogP contribution in [-0.4, -0.2) is 35.7 Å². The first-order chi connectivity index (χ1) is 16.6. The topological polar surface area (TPSA) is 113 Å². The van der Waals surface area contributed by atoms with Crippen LogP contribution in [0.1, 0.15) is 23.4 Å². The average Bonchev–Trinajstić information content (AvgIpc) is 3.24. The highest BCUT2D eigenvalue weighted by atomic mass is 32.2. The number of carboxylic acids is 1. The molecule has 0 bridgehead atoms. The van der Waals surface area contributed by atoms with Crippen LogP contribution in [0.3, 0.4) is 0 Å². The maximum absolute atomic E-state index is 12.3. The van der Waals surface area contributed by atoms with Gasteiger partial charge in [0.1, 0.15) is 11.5 Å². The van der Waals surface area contributed by atoms with E-state index in [9.17, 15) is 9.90 Å². The minimum Gasteiger partial charge on any atom is -0.497 e. The lowest BCUT2D eigenvalue weighted by atomic mass is 10.0. The molecule has 0 aliphatic carbocycles. The van der Waals surface area contributed by atoms with Gasteiger partial charge in [0.2, 0.25) is 0 Å². The van der Waals surface area contributed by atoms with Gasteiger partial charge in [0.25, 0.3) is 0 Å². The summed E-state index contributed by atoms with van der Waals surface area (Å²) < 4.78 is 18.9. The molecule has 1 aliphatic heterocycles. The monoisotopic (exact) mass is 484 g/mol. The molecular formula is C24H24N2O7S. The number of hydrogen-bond donors (Lipinski definition) is 2. The van der Waals surface area contributed by atoms with Gasteiger partial charge in [-0.1, -0.05) is 47.5 Å². The summed E-state index contributed by atoms with van der Waals surface area (Å²) in [7, 11) is 3.10. The van der Waals surface area contributed by atoms with E-state index >= 15 is 0 Å². The van der Waals surface area contributed by atoms with Gasteiger partial charge < -0.3 is 24.2 Å². The van der Waals surface area contributed by atoms with Crippen molar-refractivity contribution in [1.29, 1.82) is 0 Å². The Morgan fingerprint density at radius 1 is 1.00 bits per heavy atom. The molecule has 1 unspecified atom stereocenters. The van der Waals surface area contributed by atoms with Crippen molar-refractivity contribution >= 4 is 17.9 Å². The first-order valence-electron chi connectivity index (χ1n) is 10.3. The van der Waals surface area contributed by atoms with E-state index in [2.05, 4.69) is 4.99 Å². The van der Waals surface area contributed by atoms with Gasteiger partial charge >= 0.3 is 5.97 Å². The lowest BCUT2D eigenvalue weighted by Crippen LogP contribution is -2.29. The summed E-state index contributed by atoms with van der Waals surface area (Å²) in [5.74, 6) is 5.53. The van der Waals surface area contributed by atoms with Crippen LogP contribution in [0.2, 0.25) is 0 Å². The van der Waals surface area contributed by atoms with E-state index in [-0.39, 0.29) is 0 Å². The van der Waals surface area contributed by atoms with Gasteiger partial charge in [-0.05, 0) is 41.8 Å². The highest BCUT2D eigenvalue weighted by molar-refractivity contribution is 7.97. The summed E-state index contributed by atoms with van der Waals surface area (Å²) in [6.45, 7) is 0. The van der Waals surface area contributed by atoms with Gasteiger partial charge in [-0.15, -0.1) is 0 Å². The van der Waals surface area contributed by atoms with Crippen molar-refractivity contribution in [3.8, 4) is 17.2 Å². The predicted octanol–water partition coefficient (Wildman–Crippen LogP) is 4.12. The number of carboxylic acid groups (broad SMARTS) is 1. The van der Waals surface area contributed by atoms with Crippen LogP contribution in [-0.2, 0) is 14.5 Å². The molecule has 1 aliphatic rings. The summed E-state index contributed by atoms with van der Waals surface area (Å²) in [5.41, 5.74) is 1.43. The van der Waals surface area contributed by atoms with E-state index in [1.165, 1.54) is 19.1 Å². The molecule has 34 heavy (non-hydrogen) atoms. The fourth-order valence-corrected chi connectivity index (χ4v) is 4.98. The van der Waals surface area contributed by atoms with Crippen LogP contribution >= 0.6 is 11.9 Å². The maximum Gasteiger partial charge on any atom is 0.334 e. The number of aliphatic carboxylic acids is 1. The molecule has 9 nitrogen and oxygen atoms in total. The van der Waals surface area contributed by atoms with Gasteiger partial charge in [0.05, 0.1) is 25.2 Å². The molecule has 0 saturated carbocycles. The molecule has 3 atom stereocenters. The first kappa shape index (κ1) is 23.9. The lowest BCUT2D eigenvalue weighted by molar-refractivity contribution is -0.213. The van der Waals surface area contributed by atoms with Crippen molar-refractivity contribution < 1.29 is 34.0 Å². The van der Waals surface area contributed by atoms with Crippen LogP contribution in [0, 0.1) is 0 Å². The first-order valence-corrected chi connectivity index (χ1v) is 11.1. The Hall–Kier alpha value is -3.28. The van der Waals surface area contributed by atoms with Crippen molar-refractivity contribution in [3.05, 3.63) is 83.9 Å². The Labute approximate surface area is 200 Å². The van der Waals surface area contributed by atoms with E-state index in [1.807, 2.05) is 46.8 Å². The van der Waals surface area contributed by atoms with Crippen molar-refractivity contribution in [3.63, 3.8) is 0 Å². The molecule has 1 fully saturated rings. The second-order valence-electron chi connectivity index (χ2n) is 7.29. The highest BCUT2D eigenvalue weighted by Crippen LogP contribution is 2.52. The lowest BCUT2D eigenvalue weighted by Gasteiger charge is -2.28. The molecule has 178 valence electrons. The molecule has 4 rings (SSSR count). The van der Waals surface area contributed by atoms with E-state index in [1.54, 1.807) is 37.4 Å². The van der Waals surface area contributed by atoms with Gasteiger partial charge in [-0.25, -0.2) is 9.10 Å². The molecular weight excluding hydrogens is 460 g/mol. The Bertz CT molecular complexity index is 1130. The smallest absolute Gasteiger partial charge is 0.334 e. The molecule has 10 heteroatoms. The minimum atomic E-state index is -1.15. The van der Waals surface area contributed by atoms with Gasteiger partial charge in [0, 0.05) is 11.6 Å². The van der Waals surface area contributed by atoms with Gasteiger partial charge in [-0.3, -0.25) is 0 Å². The Morgan fingerprint density at radius 2 is 1.74 bits per heavy atom. The number of nitrogens with zero attached hydrogens (tertiary/aromatic N) is 1. The third-order valence-corrected chi connectivity index (χ3v) is 6.51. The Balaban J connectivity index is 1.84. The molecule has 0 amide bonds. The third kappa shape index (κ3) is 4.81. The number of nitrogens with two attached hydrogens (primary N) is 1. The molecule has 3 aromatic rings. The zero-order valence-corrected chi connectivity index (χ0v) is 19.3. The Morgan fingerprint density at radius 3 is 2.41 bits per heavy atom. The highest BCUT2D eigenvalue weighted by Gasteiger charge is 2.49. The van der Waals surface area contributed by atoms with Crippen LogP contribution in [0.25, 0.3) is 0 Å². The van der Waals surface area contributed by atoms with Crippen LogP contribution in [0.15, 0.2) is 77.7 Å². The van der Waals surface area contributed by atoms with Crippen molar-refractivity contribution in [2.45, 2.75) is 23.3 Å². The summed E-state index contributed by atoms with van der Waals surface area (Å²) in [6.07, 6.45) is -1.92. The molecule has 0 spiro atoms. The largest absolute Gasteiger partial charge is 0.497 e. The molecule has 0 radical (unpaired) electrons. The fourth-order valence-electron chi connectivity index (χ4n) is 3.82. The third-order valence-electron chi connectivity index (χ3n) is 5.35. The van der Waals surface area contributed by atoms with Crippen molar-refractivity contribution in [2.75, 3.05) is 14.2 Å². The standard InChI is InChI=1S/C24H24N2O7S/c1-29-16-12-13-17(19(14-16)30-2)23-26(34-20-11-7-6-10-18(20)32-33-25)21(22(31-23)24(27)28)15-8-4-3-5-9-15/h3-14,21-23H,25H2,1-2H3,(H,27,28)/t21-,22+,23?/m0/s1. The number of methoxy groups -OCH3 is 2. The summed E-state index contributed by atoms with van der Waals surface area (Å²) >= 11 is 1.27. The number of ether oxygens (including phenoxy) is 3. The zero-order chi connectivity index (χ0) is 24.1. The molecule has 3 N–H and O–H groups in total. The number of carbonyl (C=O) groups is 1. The summed E-state index contributed by atoms with van der Waals surface area (Å²) in [6, 6.07) is 21.1. The number of rotatable bonds is 9. The van der Waals surface area contributed by atoms with Crippen LogP contribution < -0.4 is 20.3 Å². The summed E-state index contributed by atoms with van der Waals surface area (Å²) in [4.78, 5) is 22.5. The normalized spacial score (nSPS) is 20.1. The van der Waals surface area contributed by atoms with Crippen LogP contribution in [0.4, 0.5) is 0 Å². The van der Waals surface area contributed by atoms with E-state index in [4.69, 9.17) is 25.0 Å². The van der Waals surface area contributed by atoms with Crippen LogP contribution in [0.5, 0.6) is 17.2 Å². The average molecular weight is 485 g/mol. The van der Waals surface area contributed by atoms with Crippen molar-refractivity contribution in [1.82, 2.24) is 4.31 Å². The molecule has 3 aromatic carbocycles. The van der Waals surface area contributed by atoms with E-state index in [0.29, 0.717) is 27.7 Å². The summed E-state index contributed by atoms with van der Waals surface area (Å²) in [5, 5.41) is 10.1. The van der Waals surface area contributed by atoms with E-state index in [0.717, 1.165) is 5.56 Å². The van der Waals surface area contributed by atoms with E-state index < -0.39 is 24.3 Å². The number of hydrogen-bond acceptors (Lipinski definition) is 9. The minimum absolute atomic E-state index is 0.376. The number of benzene rings is 3. The maximum atomic E-state index is 12.3. The SMILES string of the molecule is COc1ccc(C2O[C@@H](C(=O)O)[C@H](c3ccccc3)N2Sc2ccccc2OON)c(OC)c1. The molecule has 0 aromatic heterocycles. The Kier molecular flexibility index (Phi) is 7.56. The van der Waals surface area contributed by atoms with Crippen molar-refractivity contribution in [2.24, 2.45) is 5.90 Å². The zero-order valence-electron chi connectivity index (χ0n) is 18.5. The fraction of sp³-hybridized carbons (Fsp3) is 0.208. The van der Waals surface area contributed by atoms with Gasteiger partial charge in [0.15, 0.2) is 18.1 Å². The number of para-hydroxylation sites is 1. The second-order valence-corrected chi connectivity index (χ2v) is 8.33. The second kappa shape index (κ2) is 10.8.